The highest BCUT2D eigenvalue weighted by Crippen LogP contribution is 2.22. The Bertz CT molecular complexity index is 1800. The molecule has 0 saturated heterocycles. The third-order valence-corrected chi connectivity index (χ3v) is 7.22. The lowest BCUT2D eigenvalue weighted by Crippen LogP contribution is -2.36. The lowest BCUT2D eigenvalue weighted by molar-refractivity contribution is 0.157. The Balaban J connectivity index is 0.000000326. The van der Waals surface area contributed by atoms with Crippen molar-refractivity contribution in [2.24, 2.45) is 0 Å². The molecule has 8 N–H and O–H groups in total. The summed E-state index contributed by atoms with van der Waals surface area (Å²) in [6.45, 7) is 7.70. The monoisotopic (exact) mass is 896 g/mol. The Hall–Kier alpha value is -6.62. The molecule has 0 saturated carbocycles. The molecule has 0 fully saturated rings. The molecule has 0 unspecified atom stereocenters. The van der Waals surface area contributed by atoms with E-state index in [0.29, 0.717) is 22.7 Å². The van der Waals surface area contributed by atoms with Gasteiger partial charge in [-0.1, -0.05) is 36.4 Å². The summed E-state index contributed by atoms with van der Waals surface area (Å²) < 4.78 is 18.9. The van der Waals surface area contributed by atoms with E-state index in [9.17, 15) is 19.2 Å². The number of thiocarbonyl (C=S) groups is 4. The highest BCUT2D eigenvalue weighted by molar-refractivity contribution is 7.81. The smallest absolute Gasteiger partial charge is 0.413 e. The largest absolute Gasteiger partial charge is 0.450 e. The number of rotatable bonds is 9. The fourth-order valence-electron chi connectivity index (χ4n) is 4.08. The zero-order valence-corrected chi connectivity index (χ0v) is 36.1. The zero-order valence-electron chi connectivity index (χ0n) is 32.9. The number of hydrogen-bond donors (Lipinski definition) is 8. The van der Waals surface area contributed by atoms with E-state index < -0.39 is 24.4 Å². The molecule has 2 aromatic carbocycles. The maximum Gasteiger partial charge on any atom is 0.413 e. The average Bonchev–Trinajstić information content (AvgIpc) is 3.20. The van der Waals surface area contributed by atoms with Gasteiger partial charge in [-0.3, -0.25) is 31.2 Å². The van der Waals surface area contributed by atoms with Crippen LogP contribution in [0.3, 0.4) is 0 Å². The van der Waals surface area contributed by atoms with Crippen molar-refractivity contribution < 1.29 is 38.1 Å². The second kappa shape index (κ2) is 28.7. The molecular weight excluding hydrogens is 853 g/mol. The van der Waals surface area contributed by atoms with E-state index in [4.69, 9.17) is 67.8 Å². The van der Waals surface area contributed by atoms with Gasteiger partial charge in [0.25, 0.3) is 0 Å². The number of ether oxygens (including phenoxy) is 4. The summed E-state index contributed by atoms with van der Waals surface area (Å²) in [4.78, 5) is 53.7. The molecule has 4 amide bonds. The van der Waals surface area contributed by atoms with Crippen LogP contribution in [-0.4, -0.2) is 81.2 Å². The normalized spacial score (nSPS) is 9.47. The maximum absolute atomic E-state index is 11.3. The Morgan fingerprint density at radius 1 is 0.417 bits per heavy atom. The van der Waals surface area contributed by atoms with Crippen molar-refractivity contribution in [3.8, 4) is 11.4 Å². The summed E-state index contributed by atoms with van der Waals surface area (Å²) in [6.07, 6.45) is 0.924. The minimum atomic E-state index is -0.653. The van der Waals surface area contributed by atoms with Crippen LogP contribution in [0.4, 0.5) is 41.9 Å². The number of carbonyl (C=O) groups is 4. The molecule has 2 heterocycles. The standard InChI is InChI=1S/2C14H18N4O4S2.C10H8N2/c2*1-3-21-13(19)17-11(23)15-9-7-5-6-8-10(9)16-12(24)18-14(20)22-4-2;1-3-7-11-9(5-1)10-6-2-4-8-12-10/h2*5-8H,3-4H2,1-2H3,(H2,15,17,19,23)(H2,16,18,20,24);1-8H. The number of alkyl carbamates (subject to hydrolysis) is 4. The van der Waals surface area contributed by atoms with Crippen LogP contribution in [0, 0.1) is 0 Å². The first-order valence-corrected chi connectivity index (χ1v) is 19.5. The van der Waals surface area contributed by atoms with E-state index in [-0.39, 0.29) is 46.9 Å². The first kappa shape index (κ1) is 49.5. The molecule has 0 aliphatic rings. The minimum Gasteiger partial charge on any atom is -0.450 e. The fourth-order valence-corrected chi connectivity index (χ4v) is 4.86. The molecule has 0 spiro atoms. The third-order valence-electron chi connectivity index (χ3n) is 6.40. The number of pyridine rings is 2. The Morgan fingerprint density at radius 2 is 0.650 bits per heavy atom. The summed E-state index contributed by atoms with van der Waals surface area (Å²) in [5.41, 5.74) is 4.02. The first-order valence-electron chi connectivity index (χ1n) is 17.9. The lowest BCUT2D eigenvalue weighted by atomic mass is 10.2. The second-order valence-electron chi connectivity index (χ2n) is 10.7. The summed E-state index contributed by atoms with van der Waals surface area (Å²) in [5.74, 6) is 0. The van der Waals surface area contributed by atoms with Crippen LogP contribution >= 0.6 is 48.9 Å². The highest BCUT2D eigenvalue weighted by atomic mass is 32.1. The van der Waals surface area contributed by atoms with E-state index in [1.54, 1.807) is 88.6 Å². The number of amides is 4. The molecule has 0 bridgehead atoms. The number of benzene rings is 2. The number of aromatic nitrogens is 2. The van der Waals surface area contributed by atoms with E-state index >= 15 is 0 Å². The Kier molecular flexibility index (Phi) is 23.7. The molecule has 22 heteroatoms. The predicted octanol–water partition coefficient (Wildman–Crippen LogP) is 7.29. The van der Waals surface area contributed by atoms with Crippen LogP contribution in [-0.2, 0) is 18.9 Å². The summed E-state index contributed by atoms with van der Waals surface area (Å²) in [5, 5.41) is 21.1. The van der Waals surface area contributed by atoms with Crippen molar-refractivity contribution in [1.29, 1.82) is 0 Å². The number of hydrogen-bond acceptors (Lipinski definition) is 14. The van der Waals surface area contributed by atoms with Crippen LogP contribution in [0.15, 0.2) is 97.3 Å². The molecular formula is C38H44N10O8S4. The second-order valence-corrected chi connectivity index (χ2v) is 12.4. The van der Waals surface area contributed by atoms with Gasteiger partial charge in [-0.05, 0) is 125 Å². The van der Waals surface area contributed by atoms with Crippen LogP contribution in [0.1, 0.15) is 27.7 Å². The molecule has 18 nitrogen and oxygen atoms in total. The van der Waals surface area contributed by atoms with Gasteiger partial charge in [0.2, 0.25) is 0 Å². The highest BCUT2D eigenvalue weighted by Gasteiger charge is 2.12. The molecule has 0 aliphatic heterocycles. The zero-order chi connectivity index (χ0) is 44.1. The van der Waals surface area contributed by atoms with Crippen molar-refractivity contribution in [1.82, 2.24) is 31.2 Å². The average molecular weight is 897 g/mol. The van der Waals surface area contributed by atoms with Crippen molar-refractivity contribution in [3.63, 3.8) is 0 Å². The topological polar surface area (TPSA) is 227 Å². The van der Waals surface area contributed by atoms with Gasteiger partial charge in [-0.25, -0.2) is 19.2 Å². The maximum atomic E-state index is 11.3. The quantitative estimate of drug-likeness (QED) is 0.0610. The van der Waals surface area contributed by atoms with Crippen molar-refractivity contribution in [2.45, 2.75) is 27.7 Å². The Labute approximate surface area is 368 Å². The van der Waals surface area contributed by atoms with Gasteiger partial charge in [-0.2, -0.15) is 0 Å². The van der Waals surface area contributed by atoms with Crippen LogP contribution in [0.25, 0.3) is 11.4 Å². The summed E-state index contributed by atoms with van der Waals surface area (Å²) >= 11 is 20.1. The fraction of sp³-hybridized carbons (Fsp3) is 0.211. The predicted molar refractivity (Wildman–Crippen MR) is 246 cm³/mol. The SMILES string of the molecule is CCOC(=O)NC(=S)Nc1ccccc1NC(=S)NC(=O)OCC.CCOC(=O)NC(=S)Nc1ccccc1NC(=S)NC(=O)OCC.c1ccc(-c2ccccn2)nc1. The third kappa shape index (κ3) is 20.7. The number of nitrogens with one attached hydrogen (secondary N) is 8. The van der Waals surface area contributed by atoms with Crippen molar-refractivity contribution in [2.75, 3.05) is 47.7 Å². The minimum absolute atomic E-state index is 0.0620. The van der Waals surface area contributed by atoms with Crippen molar-refractivity contribution >= 4 is 116 Å². The molecule has 60 heavy (non-hydrogen) atoms. The molecule has 4 aromatic rings. The van der Waals surface area contributed by atoms with Gasteiger partial charge in [0.15, 0.2) is 20.4 Å². The lowest BCUT2D eigenvalue weighted by Gasteiger charge is -2.15. The van der Waals surface area contributed by atoms with Crippen LogP contribution in [0.5, 0.6) is 0 Å². The van der Waals surface area contributed by atoms with Gasteiger partial charge in [0.1, 0.15) is 0 Å². The molecule has 2 aromatic heterocycles. The van der Waals surface area contributed by atoms with Crippen LogP contribution in [0.2, 0.25) is 0 Å². The van der Waals surface area contributed by atoms with E-state index in [2.05, 4.69) is 52.5 Å². The van der Waals surface area contributed by atoms with Gasteiger partial charge >= 0.3 is 24.4 Å². The van der Waals surface area contributed by atoms with Gasteiger partial charge in [0.05, 0.1) is 60.6 Å². The number of nitrogens with zero attached hydrogens (tertiary/aromatic N) is 2. The molecule has 0 radical (unpaired) electrons. The number of anilines is 4. The molecule has 4 rings (SSSR count). The molecule has 0 atom stereocenters. The van der Waals surface area contributed by atoms with Gasteiger partial charge in [0, 0.05) is 12.4 Å². The molecule has 318 valence electrons. The van der Waals surface area contributed by atoms with E-state index in [1.807, 2.05) is 36.4 Å². The summed E-state index contributed by atoms with van der Waals surface area (Å²) in [7, 11) is 0. The van der Waals surface area contributed by atoms with Crippen molar-refractivity contribution in [3.05, 3.63) is 97.3 Å². The summed E-state index contributed by atoms with van der Waals surface area (Å²) in [6, 6.07) is 25.5. The van der Waals surface area contributed by atoms with E-state index in [1.165, 1.54) is 0 Å². The Morgan fingerprint density at radius 3 is 0.850 bits per heavy atom. The van der Waals surface area contributed by atoms with E-state index in [0.717, 1.165) is 11.4 Å². The number of para-hydroxylation sites is 4. The van der Waals surface area contributed by atoms with Gasteiger partial charge < -0.3 is 40.2 Å². The molecule has 0 aliphatic carbocycles. The van der Waals surface area contributed by atoms with Gasteiger partial charge in [-0.15, -0.1) is 0 Å². The first-order chi connectivity index (χ1) is 28.9. The number of carbonyl (C=O) groups excluding carboxylic acids is 4. The van der Waals surface area contributed by atoms with Crippen LogP contribution < -0.4 is 42.5 Å².